The molecule has 0 atom stereocenters. The summed E-state index contributed by atoms with van der Waals surface area (Å²) in [7, 11) is 3.01. The van der Waals surface area contributed by atoms with E-state index in [1.807, 2.05) is 6.92 Å². The molecule has 2 aromatic rings. The Hall–Kier alpha value is -2.30. The maximum atomic E-state index is 13.6. The number of carbonyl (C=O) groups is 1. The molecule has 0 aliphatic heterocycles. The van der Waals surface area contributed by atoms with E-state index < -0.39 is 5.82 Å². The molecule has 19 heavy (non-hydrogen) atoms. The first-order chi connectivity index (χ1) is 9.04. The van der Waals surface area contributed by atoms with E-state index in [0.29, 0.717) is 11.3 Å². The zero-order valence-electron chi connectivity index (χ0n) is 11.0. The third-order valence-corrected chi connectivity index (χ3v) is 3.01. The summed E-state index contributed by atoms with van der Waals surface area (Å²) in [4.78, 5) is 16.6. The van der Waals surface area contributed by atoms with Crippen molar-refractivity contribution in [2.24, 2.45) is 0 Å². The van der Waals surface area contributed by atoms with Gasteiger partial charge in [-0.15, -0.1) is 0 Å². The second-order valence-electron chi connectivity index (χ2n) is 4.20. The fourth-order valence-corrected chi connectivity index (χ4v) is 1.85. The maximum absolute atomic E-state index is 13.6. The lowest BCUT2D eigenvalue weighted by molar-refractivity contribution is 0.0992. The van der Waals surface area contributed by atoms with Crippen LogP contribution in [0, 0.1) is 12.7 Å². The predicted octanol–water partition coefficient (Wildman–Crippen LogP) is 2.75. The number of benzene rings is 1. The molecule has 1 aromatic carbocycles. The molecule has 1 amide bonds. The van der Waals surface area contributed by atoms with Crippen molar-refractivity contribution in [3.63, 3.8) is 0 Å². The molecule has 2 rings (SSSR count). The number of H-pyrrole nitrogens is 1. The normalized spacial score (nSPS) is 10.3. The van der Waals surface area contributed by atoms with Crippen molar-refractivity contribution in [3.05, 3.63) is 47.5 Å². The first kappa shape index (κ1) is 13.1. The first-order valence-electron chi connectivity index (χ1n) is 5.80. The summed E-state index contributed by atoms with van der Waals surface area (Å²) in [5.41, 5.74) is 1.83. The van der Waals surface area contributed by atoms with Crippen molar-refractivity contribution in [2.45, 2.75) is 6.92 Å². The van der Waals surface area contributed by atoms with Gasteiger partial charge in [0.05, 0.1) is 12.7 Å². The van der Waals surface area contributed by atoms with Crippen molar-refractivity contribution >= 4 is 11.6 Å². The Bertz CT molecular complexity index is 607. The second kappa shape index (κ2) is 5.14. The van der Waals surface area contributed by atoms with Gasteiger partial charge in [-0.1, -0.05) is 0 Å². The number of carbonyl (C=O) groups excluding carboxylic acids is 1. The molecule has 0 saturated carbocycles. The Morgan fingerprint density at radius 2 is 2.11 bits per heavy atom. The van der Waals surface area contributed by atoms with Crippen LogP contribution in [0.15, 0.2) is 30.5 Å². The monoisotopic (exact) mass is 262 g/mol. The highest BCUT2D eigenvalue weighted by Gasteiger charge is 2.17. The van der Waals surface area contributed by atoms with Gasteiger partial charge in [0.2, 0.25) is 0 Å². The molecule has 1 heterocycles. The van der Waals surface area contributed by atoms with Gasteiger partial charge in [0.1, 0.15) is 0 Å². The molecule has 0 radical (unpaired) electrons. The van der Waals surface area contributed by atoms with Crippen LogP contribution < -0.4 is 9.64 Å². The lowest BCUT2D eigenvalue weighted by Gasteiger charge is -2.18. The van der Waals surface area contributed by atoms with Crippen LogP contribution in [0.2, 0.25) is 0 Å². The molecule has 0 bridgehead atoms. The summed E-state index contributed by atoms with van der Waals surface area (Å²) in [6.45, 7) is 1.82. The topological polar surface area (TPSA) is 45.3 Å². The van der Waals surface area contributed by atoms with E-state index in [0.717, 1.165) is 5.69 Å². The number of rotatable bonds is 3. The molecule has 5 heteroatoms. The Morgan fingerprint density at radius 3 is 2.63 bits per heavy atom. The van der Waals surface area contributed by atoms with Crippen LogP contribution in [0.4, 0.5) is 10.1 Å². The zero-order chi connectivity index (χ0) is 14.0. The van der Waals surface area contributed by atoms with E-state index in [2.05, 4.69) is 4.98 Å². The highest BCUT2D eigenvalue weighted by molar-refractivity contribution is 6.06. The number of anilines is 1. The van der Waals surface area contributed by atoms with Gasteiger partial charge in [0.15, 0.2) is 11.6 Å². The van der Waals surface area contributed by atoms with Crippen molar-refractivity contribution in [1.29, 1.82) is 0 Å². The average Bonchev–Trinajstić information content (AvgIpc) is 2.83. The van der Waals surface area contributed by atoms with Crippen LogP contribution in [-0.2, 0) is 0 Å². The van der Waals surface area contributed by atoms with Gasteiger partial charge in [-0.2, -0.15) is 0 Å². The Kier molecular flexibility index (Phi) is 3.55. The number of hydrogen-bond donors (Lipinski definition) is 1. The smallest absolute Gasteiger partial charge is 0.259 e. The molecule has 1 N–H and O–H groups in total. The maximum Gasteiger partial charge on any atom is 0.259 e. The standard InChI is InChI=1S/C14H15FN2O2/c1-9-11(6-7-16-9)14(18)17(2)10-4-5-13(19-3)12(15)8-10/h4-8,16H,1-3H3. The number of halogens is 1. The van der Waals surface area contributed by atoms with Crippen LogP contribution >= 0.6 is 0 Å². The van der Waals surface area contributed by atoms with E-state index in [9.17, 15) is 9.18 Å². The fraction of sp³-hybridized carbons (Fsp3) is 0.214. The number of aromatic amines is 1. The Morgan fingerprint density at radius 1 is 1.37 bits per heavy atom. The van der Waals surface area contributed by atoms with Gasteiger partial charge >= 0.3 is 0 Å². The third-order valence-electron chi connectivity index (χ3n) is 3.01. The molecule has 0 spiro atoms. The molecule has 4 nitrogen and oxygen atoms in total. The summed E-state index contributed by atoms with van der Waals surface area (Å²) in [5, 5.41) is 0. The van der Waals surface area contributed by atoms with Crippen LogP contribution in [0.1, 0.15) is 16.1 Å². The molecular formula is C14H15FN2O2. The van der Waals surface area contributed by atoms with Crippen LogP contribution in [0.25, 0.3) is 0 Å². The minimum absolute atomic E-state index is 0.155. The summed E-state index contributed by atoms with van der Waals surface area (Å²) in [6.07, 6.45) is 1.70. The van der Waals surface area contributed by atoms with Crippen molar-refractivity contribution < 1.29 is 13.9 Å². The SMILES string of the molecule is COc1ccc(N(C)C(=O)c2cc[nH]c2C)cc1F. The fourth-order valence-electron chi connectivity index (χ4n) is 1.85. The quantitative estimate of drug-likeness (QED) is 0.924. The summed E-state index contributed by atoms with van der Waals surface area (Å²) in [6, 6.07) is 6.12. The Labute approximate surface area is 110 Å². The summed E-state index contributed by atoms with van der Waals surface area (Å²) < 4.78 is 18.5. The highest BCUT2D eigenvalue weighted by Crippen LogP contribution is 2.24. The van der Waals surface area contributed by atoms with E-state index in [1.54, 1.807) is 25.4 Å². The number of hydrogen-bond acceptors (Lipinski definition) is 2. The lowest BCUT2D eigenvalue weighted by atomic mass is 10.2. The third kappa shape index (κ3) is 2.45. The molecule has 0 fully saturated rings. The number of amides is 1. The average molecular weight is 262 g/mol. The number of aryl methyl sites for hydroxylation is 1. The minimum atomic E-state index is -0.495. The number of methoxy groups -OCH3 is 1. The highest BCUT2D eigenvalue weighted by atomic mass is 19.1. The number of ether oxygens (including phenoxy) is 1. The molecule has 100 valence electrons. The number of nitrogens with one attached hydrogen (secondary N) is 1. The van der Waals surface area contributed by atoms with Crippen LogP contribution in [-0.4, -0.2) is 25.0 Å². The minimum Gasteiger partial charge on any atom is -0.494 e. The van der Waals surface area contributed by atoms with Crippen molar-refractivity contribution in [2.75, 3.05) is 19.1 Å². The molecule has 0 unspecified atom stereocenters. The second-order valence-corrected chi connectivity index (χ2v) is 4.20. The van der Waals surface area contributed by atoms with Crippen molar-refractivity contribution in [3.8, 4) is 5.75 Å². The van der Waals surface area contributed by atoms with Crippen LogP contribution in [0.3, 0.4) is 0 Å². The lowest BCUT2D eigenvalue weighted by Crippen LogP contribution is -2.26. The van der Waals surface area contributed by atoms with Gasteiger partial charge in [-0.05, 0) is 25.1 Å². The molecule has 0 aliphatic rings. The predicted molar refractivity (Wildman–Crippen MR) is 71.2 cm³/mol. The number of nitrogens with zero attached hydrogens (tertiary/aromatic N) is 1. The molecule has 0 saturated heterocycles. The van der Waals surface area contributed by atoms with Crippen molar-refractivity contribution in [1.82, 2.24) is 4.98 Å². The van der Waals surface area contributed by atoms with E-state index in [1.165, 1.54) is 24.1 Å². The van der Waals surface area contributed by atoms with E-state index in [-0.39, 0.29) is 11.7 Å². The molecule has 0 aliphatic carbocycles. The van der Waals surface area contributed by atoms with Gasteiger partial charge in [0, 0.05) is 30.7 Å². The molecule has 1 aromatic heterocycles. The van der Waals surface area contributed by atoms with Gasteiger partial charge in [-0.25, -0.2) is 4.39 Å². The first-order valence-corrected chi connectivity index (χ1v) is 5.80. The van der Waals surface area contributed by atoms with Gasteiger partial charge in [0.25, 0.3) is 5.91 Å². The zero-order valence-corrected chi connectivity index (χ0v) is 11.0. The van der Waals surface area contributed by atoms with E-state index in [4.69, 9.17) is 4.74 Å². The van der Waals surface area contributed by atoms with Gasteiger partial charge in [-0.3, -0.25) is 4.79 Å². The summed E-state index contributed by atoms with van der Waals surface area (Å²) in [5.74, 6) is -0.531. The van der Waals surface area contributed by atoms with E-state index >= 15 is 0 Å². The largest absolute Gasteiger partial charge is 0.494 e. The molecular weight excluding hydrogens is 247 g/mol. The van der Waals surface area contributed by atoms with Gasteiger partial charge < -0.3 is 14.6 Å². The Balaban J connectivity index is 2.29. The van der Waals surface area contributed by atoms with Crippen LogP contribution in [0.5, 0.6) is 5.75 Å². The number of aromatic nitrogens is 1. The summed E-state index contributed by atoms with van der Waals surface area (Å²) >= 11 is 0.